The number of rotatable bonds is 1. The Kier molecular flexibility index (Phi) is 3.79. The molecule has 0 amide bonds. The molecule has 1 aromatic heterocycles. The standard InChI is InChI=1S/C14H11BrCl2N2/c15-8-5-6-9(11(16)7-8)14-18-12-4-2-1-3-10(12)13(17)19-14/h5-7H,1-4H2. The number of hydrogen-bond donors (Lipinski definition) is 0. The number of aryl methyl sites for hydroxylation is 1. The predicted octanol–water partition coefficient (Wildman–Crippen LogP) is 5.09. The van der Waals surface area contributed by atoms with Crippen molar-refractivity contribution in [1.29, 1.82) is 0 Å². The minimum Gasteiger partial charge on any atom is -0.233 e. The molecule has 0 radical (unpaired) electrons. The van der Waals surface area contributed by atoms with Gasteiger partial charge < -0.3 is 0 Å². The average Bonchev–Trinajstić information content (AvgIpc) is 2.38. The number of benzene rings is 1. The van der Waals surface area contributed by atoms with Crippen LogP contribution in [0.5, 0.6) is 0 Å². The summed E-state index contributed by atoms with van der Waals surface area (Å²) in [7, 11) is 0. The zero-order chi connectivity index (χ0) is 13.4. The van der Waals surface area contributed by atoms with Gasteiger partial charge >= 0.3 is 0 Å². The Morgan fingerprint density at radius 2 is 1.84 bits per heavy atom. The molecule has 0 atom stereocenters. The van der Waals surface area contributed by atoms with E-state index in [0.717, 1.165) is 47.0 Å². The number of aromatic nitrogens is 2. The van der Waals surface area contributed by atoms with Crippen LogP contribution in [0.3, 0.4) is 0 Å². The van der Waals surface area contributed by atoms with Gasteiger partial charge in [-0.05, 0) is 43.9 Å². The summed E-state index contributed by atoms with van der Waals surface area (Å²) in [5.41, 5.74) is 2.99. The maximum Gasteiger partial charge on any atom is 0.162 e. The molecule has 0 aliphatic heterocycles. The van der Waals surface area contributed by atoms with Crippen LogP contribution in [0.1, 0.15) is 24.1 Å². The highest BCUT2D eigenvalue weighted by Crippen LogP contribution is 2.32. The molecule has 3 rings (SSSR count). The third-order valence-electron chi connectivity index (χ3n) is 3.30. The second kappa shape index (κ2) is 5.39. The molecule has 5 heteroatoms. The van der Waals surface area contributed by atoms with Gasteiger partial charge in [0.25, 0.3) is 0 Å². The van der Waals surface area contributed by atoms with Crippen LogP contribution in [-0.4, -0.2) is 9.97 Å². The summed E-state index contributed by atoms with van der Waals surface area (Å²) < 4.78 is 0.935. The van der Waals surface area contributed by atoms with E-state index in [0.29, 0.717) is 16.0 Å². The Bertz CT molecular complexity index is 644. The average molecular weight is 358 g/mol. The van der Waals surface area contributed by atoms with Crippen LogP contribution in [0.2, 0.25) is 10.2 Å². The number of nitrogens with zero attached hydrogens (tertiary/aromatic N) is 2. The second-order valence-electron chi connectivity index (χ2n) is 4.59. The molecule has 0 fully saturated rings. The Morgan fingerprint density at radius 3 is 2.63 bits per heavy atom. The lowest BCUT2D eigenvalue weighted by Gasteiger charge is -2.16. The minimum atomic E-state index is 0.568. The molecular formula is C14H11BrCl2N2. The smallest absolute Gasteiger partial charge is 0.162 e. The molecule has 2 aromatic rings. The fourth-order valence-electron chi connectivity index (χ4n) is 2.34. The van der Waals surface area contributed by atoms with Gasteiger partial charge in [-0.2, -0.15) is 0 Å². The third-order valence-corrected chi connectivity index (χ3v) is 4.42. The van der Waals surface area contributed by atoms with E-state index in [1.54, 1.807) is 0 Å². The SMILES string of the molecule is Clc1cc(Br)ccc1-c1nc(Cl)c2c(n1)CCCC2. The first-order valence-electron chi connectivity index (χ1n) is 6.16. The molecule has 1 aliphatic carbocycles. The van der Waals surface area contributed by atoms with Gasteiger partial charge in [0.2, 0.25) is 0 Å². The van der Waals surface area contributed by atoms with Crippen LogP contribution >= 0.6 is 39.1 Å². The molecule has 0 bridgehead atoms. The first kappa shape index (κ1) is 13.3. The zero-order valence-electron chi connectivity index (χ0n) is 10.1. The van der Waals surface area contributed by atoms with Crippen molar-refractivity contribution in [3.8, 4) is 11.4 Å². The molecule has 2 nitrogen and oxygen atoms in total. The fraction of sp³-hybridized carbons (Fsp3) is 0.286. The molecule has 0 unspecified atom stereocenters. The van der Waals surface area contributed by atoms with E-state index in [1.165, 1.54) is 0 Å². The van der Waals surface area contributed by atoms with E-state index in [9.17, 15) is 0 Å². The van der Waals surface area contributed by atoms with Crippen molar-refractivity contribution in [3.05, 3.63) is 44.1 Å². The molecule has 0 saturated carbocycles. The van der Waals surface area contributed by atoms with E-state index in [1.807, 2.05) is 18.2 Å². The molecule has 1 heterocycles. The Balaban J connectivity index is 2.13. The lowest BCUT2D eigenvalue weighted by atomic mass is 9.97. The monoisotopic (exact) mass is 356 g/mol. The normalized spacial score (nSPS) is 14.3. The number of fused-ring (bicyclic) bond motifs is 1. The van der Waals surface area contributed by atoms with Gasteiger partial charge in [-0.3, -0.25) is 0 Å². The minimum absolute atomic E-state index is 0.568. The molecule has 1 aliphatic rings. The number of halogens is 3. The van der Waals surface area contributed by atoms with Crippen LogP contribution in [0.25, 0.3) is 11.4 Å². The van der Waals surface area contributed by atoms with Gasteiger partial charge in [0.15, 0.2) is 5.82 Å². The molecule has 19 heavy (non-hydrogen) atoms. The summed E-state index contributed by atoms with van der Waals surface area (Å²) in [4.78, 5) is 9.04. The lowest BCUT2D eigenvalue weighted by molar-refractivity contribution is 0.663. The fourth-order valence-corrected chi connectivity index (χ4v) is 3.38. The summed E-state index contributed by atoms with van der Waals surface area (Å²) >= 11 is 15.9. The highest BCUT2D eigenvalue weighted by Gasteiger charge is 2.18. The summed E-state index contributed by atoms with van der Waals surface area (Å²) in [6.45, 7) is 0. The summed E-state index contributed by atoms with van der Waals surface area (Å²) in [6, 6.07) is 5.68. The third kappa shape index (κ3) is 2.64. The molecule has 0 N–H and O–H groups in total. The van der Waals surface area contributed by atoms with E-state index in [-0.39, 0.29) is 0 Å². The topological polar surface area (TPSA) is 25.8 Å². The molecule has 1 aromatic carbocycles. The lowest BCUT2D eigenvalue weighted by Crippen LogP contribution is -2.08. The zero-order valence-corrected chi connectivity index (χ0v) is 13.2. The van der Waals surface area contributed by atoms with Crippen LogP contribution in [0.4, 0.5) is 0 Å². The predicted molar refractivity (Wildman–Crippen MR) is 81.8 cm³/mol. The Morgan fingerprint density at radius 1 is 1.05 bits per heavy atom. The molecule has 98 valence electrons. The van der Waals surface area contributed by atoms with Gasteiger partial charge in [0, 0.05) is 21.3 Å². The summed E-state index contributed by atoms with van der Waals surface area (Å²) in [5, 5.41) is 1.19. The first-order valence-corrected chi connectivity index (χ1v) is 7.71. The number of hydrogen-bond acceptors (Lipinski definition) is 2. The summed E-state index contributed by atoms with van der Waals surface area (Å²) in [6.07, 6.45) is 4.27. The largest absolute Gasteiger partial charge is 0.233 e. The Hall–Kier alpha value is -0.640. The quantitative estimate of drug-likeness (QED) is 0.664. The van der Waals surface area contributed by atoms with Crippen LogP contribution in [0, 0.1) is 0 Å². The van der Waals surface area contributed by atoms with Crippen LogP contribution < -0.4 is 0 Å². The van der Waals surface area contributed by atoms with Gasteiger partial charge in [0.1, 0.15) is 5.15 Å². The van der Waals surface area contributed by atoms with Crippen LogP contribution in [-0.2, 0) is 12.8 Å². The molecule has 0 saturated heterocycles. The second-order valence-corrected chi connectivity index (χ2v) is 6.28. The highest BCUT2D eigenvalue weighted by atomic mass is 79.9. The van der Waals surface area contributed by atoms with Crippen molar-refractivity contribution >= 4 is 39.1 Å². The van der Waals surface area contributed by atoms with Crippen molar-refractivity contribution < 1.29 is 0 Å². The molecule has 0 spiro atoms. The van der Waals surface area contributed by atoms with Gasteiger partial charge in [0.05, 0.1) is 5.02 Å². The maximum atomic E-state index is 6.28. The highest BCUT2D eigenvalue weighted by molar-refractivity contribution is 9.10. The van der Waals surface area contributed by atoms with E-state index in [2.05, 4.69) is 25.9 Å². The van der Waals surface area contributed by atoms with E-state index >= 15 is 0 Å². The van der Waals surface area contributed by atoms with E-state index < -0.39 is 0 Å². The van der Waals surface area contributed by atoms with Gasteiger partial charge in [-0.15, -0.1) is 0 Å². The van der Waals surface area contributed by atoms with Crippen molar-refractivity contribution in [2.45, 2.75) is 25.7 Å². The van der Waals surface area contributed by atoms with Gasteiger partial charge in [-0.1, -0.05) is 39.1 Å². The molecular weight excluding hydrogens is 347 g/mol. The van der Waals surface area contributed by atoms with E-state index in [4.69, 9.17) is 23.2 Å². The van der Waals surface area contributed by atoms with Crippen molar-refractivity contribution in [3.63, 3.8) is 0 Å². The summed E-state index contributed by atoms with van der Waals surface area (Å²) in [5.74, 6) is 0.614. The van der Waals surface area contributed by atoms with Gasteiger partial charge in [-0.25, -0.2) is 9.97 Å². The van der Waals surface area contributed by atoms with Crippen molar-refractivity contribution in [2.24, 2.45) is 0 Å². The Labute approximate surface area is 130 Å². The van der Waals surface area contributed by atoms with Crippen LogP contribution in [0.15, 0.2) is 22.7 Å². The first-order chi connectivity index (χ1) is 9.15. The van der Waals surface area contributed by atoms with Crippen molar-refractivity contribution in [2.75, 3.05) is 0 Å². The van der Waals surface area contributed by atoms with Crippen molar-refractivity contribution in [1.82, 2.24) is 9.97 Å². The maximum absolute atomic E-state index is 6.28.